The second-order valence-electron chi connectivity index (χ2n) is 6.21. The molecule has 0 saturated heterocycles. The Balaban J connectivity index is 1.28. The second-order valence-corrected chi connectivity index (χ2v) is 7.07. The SMILES string of the molecule is O=C(CCCOc1ccccc1)Nc1nc(-c2ccc3c(c2)OCCO3)cs1. The molecule has 0 fully saturated rings. The zero-order chi connectivity index (χ0) is 19.2. The molecule has 28 heavy (non-hydrogen) atoms. The average Bonchev–Trinajstić information content (AvgIpc) is 3.20. The lowest BCUT2D eigenvalue weighted by Crippen LogP contribution is -2.15. The van der Waals surface area contributed by atoms with Crippen LogP contribution in [-0.2, 0) is 4.79 Å². The van der Waals surface area contributed by atoms with Gasteiger partial charge >= 0.3 is 0 Å². The van der Waals surface area contributed by atoms with Crippen molar-refractivity contribution in [2.24, 2.45) is 0 Å². The fraction of sp³-hybridized carbons (Fsp3) is 0.238. The van der Waals surface area contributed by atoms with E-state index in [1.165, 1.54) is 11.3 Å². The van der Waals surface area contributed by atoms with Crippen molar-refractivity contribution in [3.8, 4) is 28.5 Å². The Morgan fingerprint density at radius 1 is 1.11 bits per heavy atom. The van der Waals surface area contributed by atoms with E-state index >= 15 is 0 Å². The van der Waals surface area contributed by atoms with Gasteiger partial charge < -0.3 is 19.5 Å². The van der Waals surface area contributed by atoms with E-state index in [4.69, 9.17) is 14.2 Å². The summed E-state index contributed by atoms with van der Waals surface area (Å²) in [5.74, 6) is 2.21. The summed E-state index contributed by atoms with van der Waals surface area (Å²) in [7, 11) is 0. The molecule has 1 aliphatic heterocycles. The number of hydrogen-bond acceptors (Lipinski definition) is 6. The number of rotatable bonds is 7. The van der Waals surface area contributed by atoms with E-state index < -0.39 is 0 Å². The minimum atomic E-state index is -0.0697. The van der Waals surface area contributed by atoms with Crippen LogP contribution in [0.3, 0.4) is 0 Å². The van der Waals surface area contributed by atoms with E-state index in [9.17, 15) is 4.79 Å². The monoisotopic (exact) mass is 396 g/mol. The summed E-state index contributed by atoms with van der Waals surface area (Å²) in [6.45, 7) is 1.61. The van der Waals surface area contributed by atoms with Crippen LogP contribution in [-0.4, -0.2) is 30.7 Å². The van der Waals surface area contributed by atoms with Crippen molar-refractivity contribution >= 4 is 22.4 Å². The number of nitrogens with zero attached hydrogens (tertiary/aromatic N) is 1. The summed E-state index contributed by atoms with van der Waals surface area (Å²) in [5.41, 5.74) is 1.72. The number of nitrogens with one attached hydrogen (secondary N) is 1. The standard InChI is InChI=1S/C21H20N2O4S/c24-20(7-4-10-25-16-5-2-1-3-6-16)23-21-22-17(14-28-21)15-8-9-18-19(13-15)27-12-11-26-18/h1-3,5-6,8-9,13-14H,4,7,10-12H2,(H,22,23,24). The Labute approximate surface area is 167 Å². The number of hydrogen-bond donors (Lipinski definition) is 1. The van der Waals surface area contributed by atoms with E-state index in [1.54, 1.807) is 0 Å². The molecule has 6 nitrogen and oxygen atoms in total. The third-order valence-electron chi connectivity index (χ3n) is 4.15. The molecule has 0 aliphatic carbocycles. The summed E-state index contributed by atoms with van der Waals surface area (Å²) < 4.78 is 16.7. The maximum Gasteiger partial charge on any atom is 0.226 e. The van der Waals surface area contributed by atoms with Crippen LogP contribution in [0.1, 0.15) is 12.8 Å². The van der Waals surface area contributed by atoms with Gasteiger partial charge in [-0.05, 0) is 36.8 Å². The maximum absolute atomic E-state index is 12.1. The third kappa shape index (κ3) is 4.61. The topological polar surface area (TPSA) is 69.7 Å². The highest BCUT2D eigenvalue weighted by Gasteiger charge is 2.14. The molecular weight excluding hydrogens is 376 g/mol. The summed E-state index contributed by atoms with van der Waals surface area (Å²) in [6, 6.07) is 15.3. The quantitative estimate of drug-likeness (QED) is 0.600. The van der Waals surface area contributed by atoms with Gasteiger partial charge in [0.15, 0.2) is 16.6 Å². The van der Waals surface area contributed by atoms with Crippen molar-refractivity contribution in [2.75, 3.05) is 25.1 Å². The van der Waals surface area contributed by atoms with Crippen LogP contribution in [0.4, 0.5) is 5.13 Å². The molecule has 7 heteroatoms. The molecule has 0 radical (unpaired) electrons. The highest BCUT2D eigenvalue weighted by molar-refractivity contribution is 7.14. The zero-order valence-corrected chi connectivity index (χ0v) is 16.0. The van der Waals surface area contributed by atoms with Crippen LogP contribution in [0.2, 0.25) is 0 Å². The predicted octanol–water partition coefficient (Wildman–Crippen LogP) is 4.38. The van der Waals surface area contributed by atoms with Crippen LogP contribution in [0.5, 0.6) is 17.2 Å². The number of fused-ring (bicyclic) bond motifs is 1. The van der Waals surface area contributed by atoms with Gasteiger partial charge in [0, 0.05) is 17.4 Å². The smallest absolute Gasteiger partial charge is 0.226 e. The molecule has 144 valence electrons. The number of thiazole rings is 1. The molecule has 1 aliphatic rings. The Hall–Kier alpha value is -3.06. The van der Waals surface area contributed by atoms with Crippen LogP contribution < -0.4 is 19.5 Å². The highest BCUT2D eigenvalue weighted by Crippen LogP contribution is 2.35. The number of para-hydroxylation sites is 1. The normalized spacial score (nSPS) is 12.4. The van der Waals surface area contributed by atoms with Gasteiger partial charge in [0.05, 0.1) is 12.3 Å². The van der Waals surface area contributed by atoms with Crippen molar-refractivity contribution in [1.82, 2.24) is 4.98 Å². The fourth-order valence-corrected chi connectivity index (χ4v) is 3.52. The molecule has 1 N–H and O–H groups in total. The van der Waals surface area contributed by atoms with Crippen molar-refractivity contribution in [1.29, 1.82) is 0 Å². The Kier molecular flexibility index (Phi) is 5.72. The molecule has 1 aromatic heterocycles. The Morgan fingerprint density at radius 3 is 2.79 bits per heavy atom. The fourth-order valence-electron chi connectivity index (χ4n) is 2.79. The van der Waals surface area contributed by atoms with E-state index in [2.05, 4.69) is 10.3 Å². The lowest BCUT2D eigenvalue weighted by atomic mass is 10.1. The molecule has 0 unspecified atom stereocenters. The number of ether oxygens (including phenoxy) is 3. The first-order valence-corrected chi connectivity index (χ1v) is 9.99. The van der Waals surface area contributed by atoms with Gasteiger partial charge in [-0.3, -0.25) is 4.79 Å². The van der Waals surface area contributed by atoms with Gasteiger partial charge in [-0.25, -0.2) is 4.98 Å². The van der Waals surface area contributed by atoms with Crippen LogP contribution in [0, 0.1) is 0 Å². The maximum atomic E-state index is 12.1. The van der Waals surface area contributed by atoms with Crippen LogP contribution in [0.25, 0.3) is 11.3 Å². The highest BCUT2D eigenvalue weighted by atomic mass is 32.1. The number of amides is 1. The van der Waals surface area contributed by atoms with Crippen molar-refractivity contribution < 1.29 is 19.0 Å². The lowest BCUT2D eigenvalue weighted by Gasteiger charge is -2.18. The van der Waals surface area contributed by atoms with Crippen molar-refractivity contribution in [3.63, 3.8) is 0 Å². The predicted molar refractivity (Wildman–Crippen MR) is 108 cm³/mol. The molecule has 3 aromatic rings. The Bertz CT molecular complexity index is 943. The molecule has 0 saturated carbocycles. The zero-order valence-electron chi connectivity index (χ0n) is 15.2. The van der Waals surface area contributed by atoms with Crippen LogP contribution in [0.15, 0.2) is 53.9 Å². The third-order valence-corrected chi connectivity index (χ3v) is 4.91. The van der Waals surface area contributed by atoms with Gasteiger partial charge in [-0.2, -0.15) is 0 Å². The van der Waals surface area contributed by atoms with Gasteiger partial charge in [-0.15, -0.1) is 11.3 Å². The first-order chi connectivity index (χ1) is 13.8. The minimum Gasteiger partial charge on any atom is -0.494 e. The second kappa shape index (κ2) is 8.75. The molecule has 2 heterocycles. The number of aromatic nitrogens is 1. The largest absolute Gasteiger partial charge is 0.494 e. The summed E-state index contributed by atoms with van der Waals surface area (Å²) in [4.78, 5) is 16.6. The number of benzene rings is 2. The Morgan fingerprint density at radius 2 is 1.93 bits per heavy atom. The van der Waals surface area contributed by atoms with Gasteiger partial charge in [0.1, 0.15) is 19.0 Å². The molecule has 0 spiro atoms. The minimum absolute atomic E-state index is 0.0697. The van der Waals surface area contributed by atoms with E-state index in [0.717, 1.165) is 28.5 Å². The molecule has 2 aromatic carbocycles. The van der Waals surface area contributed by atoms with E-state index in [1.807, 2.05) is 53.9 Å². The molecule has 4 rings (SSSR count). The molecule has 1 amide bonds. The number of anilines is 1. The number of carbonyl (C=O) groups excluding carboxylic acids is 1. The summed E-state index contributed by atoms with van der Waals surface area (Å²) >= 11 is 1.40. The summed E-state index contributed by atoms with van der Waals surface area (Å²) in [6.07, 6.45) is 1.02. The van der Waals surface area contributed by atoms with Crippen molar-refractivity contribution in [3.05, 3.63) is 53.9 Å². The molecule has 0 bridgehead atoms. The lowest BCUT2D eigenvalue weighted by molar-refractivity contribution is -0.116. The average molecular weight is 396 g/mol. The molecular formula is C21H20N2O4S. The number of carbonyl (C=O) groups is 1. The van der Waals surface area contributed by atoms with Crippen LogP contribution >= 0.6 is 11.3 Å². The van der Waals surface area contributed by atoms with Gasteiger partial charge in [-0.1, -0.05) is 18.2 Å². The van der Waals surface area contributed by atoms with E-state index in [-0.39, 0.29) is 5.91 Å². The molecule has 0 atom stereocenters. The van der Waals surface area contributed by atoms with Gasteiger partial charge in [0.2, 0.25) is 5.91 Å². The van der Waals surface area contributed by atoms with E-state index in [0.29, 0.717) is 37.8 Å². The summed E-state index contributed by atoms with van der Waals surface area (Å²) in [5, 5.41) is 5.35. The van der Waals surface area contributed by atoms with Gasteiger partial charge in [0.25, 0.3) is 0 Å². The van der Waals surface area contributed by atoms with Crippen molar-refractivity contribution in [2.45, 2.75) is 12.8 Å². The first kappa shape index (κ1) is 18.3. The first-order valence-electron chi connectivity index (χ1n) is 9.11.